The van der Waals surface area contributed by atoms with Crippen LogP contribution in [0.4, 0.5) is 0 Å². The zero-order valence-electron chi connectivity index (χ0n) is 27.0. The van der Waals surface area contributed by atoms with Gasteiger partial charge in [-0.05, 0) is 65.7 Å². The molecule has 0 aliphatic heterocycles. The average Bonchev–Trinajstić information content (AvgIpc) is 3.58. The molecule has 2 aliphatic carbocycles. The van der Waals surface area contributed by atoms with E-state index in [1.54, 1.807) is 0 Å². The summed E-state index contributed by atoms with van der Waals surface area (Å²) in [5, 5.41) is 2.24. The van der Waals surface area contributed by atoms with Gasteiger partial charge in [-0.25, -0.2) is 15.0 Å². The molecule has 0 saturated carbocycles. The van der Waals surface area contributed by atoms with Crippen LogP contribution in [0, 0.1) is 0 Å². The molecule has 5 aromatic carbocycles. The molecule has 0 atom stereocenters. The van der Waals surface area contributed by atoms with E-state index in [2.05, 4.69) is 134 Å². The molecule has 0 unspecified atom stereocenters. The highest BCUT2D eigenvalue weighted by molar-refractivity contribution is 6.10. The van der Waals surface area contributed by atoms with Crippen LogP contribution in [-0.2, 0) is 0 Å². The van der Waals surface area contributed by atoms with Crippen LogP contribution >= 0.6 is 0 Å². The van der Waals surface area contributed by atoms with Crippen LogP contribution in [0.2, 0.25) is 0 Å². The number of hydrogen-bond donors (Lipinski definition) is 0. The normalized spacial score (nSPS) is 14.5. The number of fused-ring (bicyclic) bond motifs is 3. The molecule has 0 bridgehead atoms. The van der Waals surface area contributed by atoms with E-state index in [0.717, 1.165) is 75.4 Å². The lowest BCUT2D eigenvalue weighted by atomic mass is 9.90. The first-order valence-electron chi connectivity index (χ1n) is 17.0. The zero-order valence-corrected chi connectivity index (χ0v) is 27.0. The van der Waals surface area contributed by atoms with E-state index in [4.69, 9.17) is 19.4 Å². The van der Waals surface area contributed by atoms with Crippen molar-refractivity contribution in [1.82, 2.24) is 15.0 Å². The van der Waals surface area contributed by atoms with Gasteiger partial charge in [0, 0.05) is 33.0 Å². The van der Waals surface area contributed by atoms with E-state index < -0.39 is 0 Å². The van der Waals surface area contributed by atoms with Crippen LogP contribution in [-0.4, -0.2) is 15.0 Å². The standard InChI is InChI=1S/C45H33N3O/c1-3-13-30(14-4-1)32-25-27-33(28-26-32)43-46-44(35-18-11-17-34(29-35)31-15-5-2-6-16-31)48-45(47-43)40-21-8-7-19-36(40)38-22-12-23-39-37-20-9-10-24-41(37)49-42(38)39/h1,3-5,8-18,20-29H,2,6-7,19H2. The molecule has 2 heterocycles. The first kappa shape index (κ1) is 29.0. The molecule has 49 heavy (non-hydrogen) atoms. The van der Waals surface area contributed by atoms with Crippen molar-refractivity contribution < 1.29 is 4.42 Å². The summed E-state index contributed by atoms with van der Waals surface area (Å²) in [5.41, 5.74) is 11.7. The summed E-state index contributed by atoms with van der Waals surface area (Å²) in [7, 11) is 0. The minimum atomic E-state index is 0.648. The molecule has 0 amide bonds. The maximum atomic E-state index is 6.50. The van der Waals surface area contributed by atoms with Gasteiger partial charge in [-0.15, -0.1) is 0 Å². The third kappa shape index (κ3) is 5.51. The van der Waals surface area contributed by atoms with Gasteiger partial charge in [-0.1, -0.05) is 140 Å². The molecule has 9 rings (SSSR count). The Bertz CT molecular complexity index is 2480. The van der Waals surface area contributed by atoms with E-state index >= 15 is 0 Å². The van der Waals surface area contributed by atoms with Crippen LogP contribution < -0.4 is 0 Å². The largest absolute Gasteiger partial charge is 0.455 e. The molecule has 234 valence electrons. The number of nitrogens with zero attached hydrogens (tertiary/aromatic N) is 3. The molecule has 0 saturated heterocycles. The summed E-state index contributed by atoms with van der Waals surface area (Å²) in [5.74, 6) is 1.96. The monoisotopic (exact) mass is 631 g/mol. The predicted molar refractivity (Wildman–Crippen MR) is 201 cm³/mol. The topological polar surface area (TPSA) is 51.8 Å². The quantitative estimate of drug-likeness (QED) is 0.183. The summed E-state index contributed by atoms with van der Waals surface area (Å²) in [4.78, 5) is 15.5. The van der Waals surface area contributed by atoms with Gasteiger partial charge in [0.1, 0.15) is 11.2 Å². The maximum Gasteiger partial charge on any atom is 0.164 e. The Kier molecular flexibility index (Phi) is 7.39. The van der Waals surface area contributed by atoms with Crippen molar-refractivity contribution in [2.75, 3.05) is 0 Å². The van der Waals surface area contributed by atoms with Gasteiger partial charge >= 0.3 is 0 Å². The van der Waals surface area contributed by atoms with Crippen molar-refractivity contribution in [3.05, 3.63) is 169 Å². The van der Waals surface area contributed by atoms with E-state index in [-0.39, 0.29) is 0 Å². The van der Waals surface area contributed by atoms with Gasteiger partial charge in [-0.2, -0.15) is 0 Å². The fourth-order valence-corrected chi connectivity index (χ4v) is 7.00. The second-order valence-electron chi connectivity index (χ2n) is 12.6. The molecule has 0 N–H and O–H groups in total. The Morgan fingerprint density at radius 2 is 1.16 bits per heavy atom. The fraction of sp³-hybridized carbons (Fsp3) is 0.0889. The van der Waals surface area contributed by atoms with Crippen molar-refractivity contribution in [2.45, 2.75) is 25.7 Å². The van der Waals surface area contributed by atoms with Crippen molar-refractivity contribution >= 4 is 38.7 Å². The fourth-order valence-electron chi connectivity index (χ4n) is 7.00. The molecule has 4 heteroatoms. The van der Waals surface area contributed by atoms with E-state index in [1.165, 1.54) is 22.3 Å². The predicted octanol–water partition coefficient (Wildman–Crippen LogP) is 11.8. The van der Waals surface area contributed by atoms with E-state index in [0.29, 0.717) is 17.5 Å². The summed E-state index contributed by atoms with van der Waals surface area (Å²) < 4.78 is 6.50. The number of para-hydroxylation sites is 2. The molecule has 2 aliphatic rings. The minimum Gasteiger partial charge on any atom is -0.455 e. The molecular formula is C45H33N3O. The first-order chi connectivity index (χ1) is 24.3. The SMILES string of the molecule is C1=CC(c2cccc(-c3nc(C4=C(c5cccc6c5oc5ccccc56)CCC=C4)nc(-c4ccc(-c5ccccc5)cc4)n3)c2)=CCC1. The van der Waals surface area contributed by atoms with Gasteiger partial charge in [0.25, 0.3) is 0 Å². The lowest BCUT2D eigenvalue weighted by Gasteiger charge is -2.17. The van der Waals surface area contributed by atoms with Crippen molar-refractivity contribution in [1.29, 1.82) is 0 Å². The second kappa shape index (κ2) is 12.5. The highest BCUT2D eigenvalue weighted by Gasteiger charge is 2.22. The number of aromatic nitrogens is 3. The van der Waals surface area contributed by atoms with Crippen LogP contribution in [0.3, 0.4) is 0 Å². The third-order valence-corrected chi connectivity index (χ3v) is 9.48. The van der Waals surface area contributed by atoms with Gasteiger partial charge < -0.3 is 4.42 Å². The molecule has 0 fully saturated rings. The smallest absolute Gasteiger partial charge is 0.164 e. The molecule has 0 radical (unpaired) electrons. The first-order valence-corrected chi connectivity index (χ1v) is 17.0. The lowest BCUT2D eigenvalue weighted by molar-refractivity contribution is 0.667. The second-order valence-corrected chi connectivity index (χ2v) is 12.6. The van der Waals surface area contributed by atoms with Gasteiger partial charge in [-0.3, -0.25) is 0 Å². The number of hydrogen-bond acceptors (Lipinski definition) is 4. The molecule has 2 aromatic heterocycles. The van der Waals surface area contributed by atoms with Crippen molar-refractivity contribution in [2.24, 2.45) is 0 Å². The number of furan rings is 1. The number of benzene rings is 5. The van der Waals surface area contributed by atoms with Crippen LogP contribution in [0.5, 0.6) is 0 Å². The average molecular weight is 632 g/mol. The Balaban J connectivity index is 1.22. The van der Waals surface area contributed by atoms with Crippen LogP contribution in [0.25, 0.3) is 72.6 Å². The maximum absolute atomic E-state index is 6.50. The van der Waals surface area contributed by atoms with Gasteiger partial charge in [0.05, 0.1) is 0 Å². The van der Waals surface area contributed by atoms with E-state index in [1.807, 2.05) is 18.2 Å². The molecular weight excluding hydrogens is 599 g/mol. The van der Waals surface area contributed by atoms with E-state index in [9.17, 15) is 0 Å². The number of rotatable bonds is 6. The number of allylic oxidation sites excluding steroid dienone is 8. The van der Waals surface area contributed by atoms with Gasteiger partial charge in [0.2, 0.25) is 0 Å². The highest BCUT2D eigenvalue weighted by atomic mass is 16.3. The Hall–Kier alpha value is -6.13. The summed E-state index contributed by atoms with van der Waals surface area (Å²) in [6.07, 6.45) is 15.1. The highest BCUT2D eigenvalue weighted by Crippen LogP contribution is 2.40. The van der Waals surface area contributed by atoms with Crippen molar-refractivity contribution in [3.63, 3.8) is 0 Å². The summed E-state index contributed by atoms with van der Waals surface area (Å²) >= 11 is 0. The lowest BCUT2D eigenvalue weighted by Crippen LogP contribution is -2.05. The summed E-state index contributed by atoms with van der Waals surface area (Å²) in [6, 6.07) is 42.2. The molecule has 0 spiro atoms. The Morgan fingerprint density at radius 1 is 0.490 bits per heavy atom. The molecule has 4 nitrogen and oxygen atoms in total. The Labute approximate surface area is 285 Å². The zero-order chi connectivity index (χ0) is 32.6. The van der Waals surface area contributed by atoms with Crippen molar-refractivity contribution in [3.8, 4) is 33.9 Å². The minimum absolute atomic E-state index is 0.648. The van der Waals surface area contributed by atoms with Gasteiger partial charge in [0.15, 0.2) is 17.5 Å². The van der Waals surface area contributed by atoms with Crippen LogP contribution in [0.15, 0.2) is 156 Å². The third-order valence-electron chi connectivity index (χ3n) is 9.48. The summed E-state index contributed by atoms with van der Waals surface area (Å²) in [6.45, 7) is 0. The Morgan fingerprint density at radius 3 is 2.02 bits per heavy atom. The van der Waals surface area contributed by atoms with Crippen LogP contribution in [0.1, 0.15) is 42.6 Å². The molecule has 7 aromatic rings.